The fourth-order valence-corrected chi connectivity index (χ4v) is 10.4. The quantitative estimate of drug-likeness (QED) is 0.0105. The molecule has 2 heterocycles. The summed E-state index contributed by atoms with van der Waals surface area (Å²) in [5, 5.41) is 23.2. The van der Waals surface area contributed by atoms with Crippen LogP contribution in [0.1, 0.15) is 174 Å². The number of nitrogens with one attached hydrogen (secondary N) is 4. The lowest BCUT2D eigenvalue weighted by atomic mass is 10.0. The van der Waals surface area contributed by atoms with E-state index in [0.717, 1.165) is 102 Å². The maximum atomic E-state index is 13.0. The van der Waals surface area contributed by atoms with Crippen LogP contribution in [0.4, 0.5) is 4.79 Å². The number of carbonyl (C=O) groups excluding carboxylic acids is 4. The van der Waals surface area contributed by atoms with Gasteiger partial charge in [-0.2, -0.15) is 26.1 Å². The van der Waals surface area contributed by atoms with Gasteiger partial charge in [0.15, 0.2) is 0 Å². The number of fused-ring (bicyclic) bond motifs is 1. The van der Waals surface area contributed by atoms with Crippen molar-refractivity contribution in [2.24, 2.45) is 0 Å². The van der Waals surface area contributed by atoms with Gasteiger partial charge in [-0.3, -0.25) is 14.4 Å². The first-order chi connectivity index (χ1) is 31.1. The predicted octanol–water partition coefficient (Wildman–Crippen LogP) is 7.69. The minimum Gasteiger partial charge on any atom is -0.387 e. The van der Waals surface area contributed by atoms with Crippen LogP contribution in [-0.2, 0) is 23.4 Å². The fourth-order valence-electron chi connectivity index (χ4n) is 8.14. The summed E-state index contributed by atoms with van der Waals surface area (Å²) in [6, 6.07) is -0.540. The number of aliphatic hydroxyl groups excluding tert-OH is 1. The molecular weight excluding hydrogens is 868 g/mol. The molecule has 2 rings (SSSR count). The van der Waals surface area contributed by atoms with Crippen molar-refractivity contribution in [1.82, 2.24) is 26.2 Å². The number of urea groups is 1. The minimum atomic E-state index is -4.13. The predicted molar refractivity (Wildman–Crippen MR) is 265 cm³/mol. The maximum Gasteiger partial charge on any atom is 0.570 e. The average molecular weight is 961 g/mol. The van der Waals surface area contributed by atoms with E-state index in [1.807, 2.05) is 39.0 Å². The number of likely N-dealkylation sites (N-methyl/N-ethyl adjacent to an activating group) is 2. The maximum absolute atomic E-state index is 13.0. The molecule has 1 unspecified atom stereocenters. The second kappa shape index (κ2) is 35.1. The van der Waals surface area contributed by atoms with E-state index in [1.54, 1.807) is 13.1 Å². The van der Waals surface area contributed by atoms with Crippen LogP contribution in [0.3, 0.4) is 0 Å². The summed E-state index contributed by atoms with van der Waals surface area (Å²) in [4.78, 5) is 71.8. The number of amides is 5. The van der Waals surface area contributed by atoms with Crippen molar-refractivity contribution in [2.75, 3.05) is 66.8 Å². The molecule has 0 aromatic carbocycles. The number of hydrogen-bond donors (Lipinski definition) is 7. The van der Waals surface area contributed by atoms with Crippen LogP contribution < -0.4 is 21.3 Å². The third-order valence-corrected chi connectivity index (χ3v) is 14.8. The molecule has 7 N–H and O–H groups in total. The lowest BCUT2D eigenvalue weighted by molar-refractivity contribution is -0.870. The zero-order valence-corrected chi connectivity index (χ0v) is 42.9. The molecule has 0 aromatic heterocycles. The summed E-state index contributed by atoms with van der Waals surface area (Å²) < 4.78 is 11.2. The molecule has 5 atom stereocenters. The lowest BCUT2D eigenvalue weighted by Gasteiger charge is -2.24. The largest absolute Gasteiger partial charge is 0.570 e. The molecule has 0 aromatic rings. The molecule has 17 heteroatoms. The van der Waals surface area contributed by atoms with Gasteiger partial charge >= 0.3 is 14.2 Å². The van der Waals surface area contributed by atoms with Crippen LogP contribution in [0.25, 0.3) is 0 Å². The van der Waals surface area contributed by atoms with Crippen LogP contribution in [0.2, 0.25) is 0 Å². The summed E-state index contributed by atoms with van der Waals surface area (Å²) >= 11 is 1.88. The number of quaternary nitrogens is 1. The third kappa shape index (κ3) is 30.1. The second-order valence-electron chi connectivity index (χ2n) is 19.4. The second-order valence-corrected chi connectivity index (χ2v) is 22.2. The van der Waals surface area contributed by atoms with Crippen LogP contribution in [0, 0.1) is 0 Å². The van der Waals surface area contributed by atoms with Crippen LogP contribution >= 0.6 is 19.9 Å². The highest BCUT2D eigenvalue weighted by atomic mass is 32.2. The minimum absolute atomic E-state index is 0.0226. The van der Waals surface area contributed by atoms with E-state index in [-0.39, 0.29) is 55.6 Å². The first-order valence-corrected chi connectivity index (χ1v) is 28.0. The number of aliphatic hydroxyl groups is 1. The Bertz CT molecular complexity index is 1340. The number of allylic oxidation sites excluding steroid dienone is 1. The Labute approximate surface area is 398 Å². The first kappa shape index (κ1) is 59.1. The van der Waals surface area contributed by atoms with E-state index in [9.17, 15) is 34.1 Å². The molecule has 2 fully saturated rings. The Kier molecular flexibility index (Phi) is 31.9. The first-order valence-electron chi connectivity index (χ1n) is 25.4. The molecule has 0 radical (unpaired) electrons. The van der Waals surface area contributed by atoms with Crippen molar-refractivity contribution in [3.8, 4) is 0 Å². The molecule has 0 aliphatic carbocycles. The molecule has 2 aliphatic rings. The highest BCUT2D eigenvalue weighted by Crippen LogP contribution is 2.52. The van der Waals surface area contributed by atoms with Crippen molar-refractivity contribution in [3.05, 3.63) is 12.2 Å². The zero-order valence-electron chi connectivity index (χ0n) is 41.2. The summed E-state index contributed by atoms with van der Waals surface area (Å²) in [6.07, 6.45) is 29.7. The lowest BCUT2D eigenvalue weighted by Crippen LogP contribution is -2.45. The summed E-state index contributed by atoms with van der Waals surface area (Å²) in [6.45, 7) is 3.26. The number of nitrogens with zero attached hydrogens (tertiary/aromatic N) is 2. The molecule has 0 saturated carbocycles. The van der Waals surface area contributed by atoms with Gasteiger partial charge in [0, 0.05) is 37.4 Å². The van der Waals surface area contributed by atoms with Crippen molar-refractivity contribution < 1.29 is 47.6 Å². The Morgan fingerprint density at radius 1 is 0.815 bits per heavy atom. The van der Waals surface area contributed by atoms with Gasteiger partial charge in [0.1, 0.15) is 19.8 Å². The number of carbonyl (C=O) groups is 4. The van der Waals surface area contributed by atoms with Crippen molar-refractivity contribution in [2.45, 2.75) is 203 Å². The fraction of sp³-hybridized carbons (Fsp3) is 0.875. The molecular formula is C48H93N6O9PS+2. The number of unbranched alkanes of at least 4 members (excludes halogenated alkanes) is 20. The van der Waals surface area contributed by atoms with E-state index in [1.165, 1.54) is 62.7 Å². The highest BCUT2D eigenvalue weighted by molar-refractivity contribution is 8.00. The SMILES string of the molecule is CCCCCCCCCCCCCC=C[C@@H](O)C(CO[P+](O)(O)OCC[N+](C)(C)C)NC(=O)CCCCCCCCCCCNC(=O)CN(C)C(=O)CCCC[C@@H]1SC[C@H]2NC(=O)N[C@@H]12. The van der Waals surface area contributed by atoms with E-state index in [0.29, 0.717) is 35.7 Å². The van der Waals surface area contributed by atoms with Gasteiger partial charge in [0.05, 0.1) is 51.9 Å². The Hall–Kier alpha value is -2.04. The van der Waals surface area contributed by atoms with Gasteiger partial charge in [0.2, 0.25) is 17.7 Å². The Balaban J connectivity index is 1.54. The van der Waals surface area contributed by atoms with Gasteiger partial charge in [-0.25, -0.2) is 4.79 Å². The molecule has 0 spiro atoms. The smallest absolute Gasteiger partial charge is 0.387 e. The summed E-state index contributed by atoms with van der Waals surface area (Å²) in [5.41, 5.74) is 0. The van der Waals surface area contributed by atoms with Gasteiger partial charge in [-0.15, -0.1) is 4.52 Å². The zero-order chi connectivity index (χ0) is 47.8. The van der Waals surface area contributed by atoms with E-state index >= 15 is 0 Å². The molecule has 2 saturated heterocycles. The number of rotatable bonds is 41. The van der Waals surface area contributed by atoms with Gasteiger partial charge in [0.25, 0.3) is 0 Å². The van der Waals surface area contributed by atoms with E-state index < -0.39 is 20.3 Å². The number of hydrogen-bond acceptors (Lipinski definition) is 10. The standard InChI is InChI=1S/C48H91N6O9PS/c1-6-7-8-9-10-11-12-13-14-16-19-22-25-30-42(55)40(38-63-64(60,61)62-36-35-54(3,4)5)50-44(56)32-26-23-20-17-15-18-21-24-29-34-49-45(57)37-53(2)46(58)33-28-27-31-43-47-41(39-65-43)51-48(59)52-47/h25,30,40-43,47,55,60-61H,6-24,26-29,31-39H2,1-5H3,(H2-2,49,50,51,52,56,57,59)/p+2/t40?,41-,42-,43+,47-/m1/s1. The molecule has 2 aliphatic heterocycles. The van der Waals surface area contributed by atoms with Crippen LogP contribution in [-0.4, -0.2) is 144 Å². The topological polar surface area (TPSA) is 199 Å². The van der Waals surface area contributed by atoms with Crippen molar-refractivity contribution in [3.63, 3.8) is 0 Å². The molecule has 15 nitrogen and oxygen atoms in total. The average Bonchev–Trinajstić information content (AvgIpc) is 3.81. The molecule has 5 amide bonds. The van der Waals surface area contributed by atoms with E-state index in [4.69, 9.17) is 9.05 Å². The molecule has 65 heavy (non-hydrogen) atoms. The third-order valence-electron chi connectivity index (χ3n) is 12.3. The highest BCUT2D eigenvalue weighted by Gasteiger charge is 2.43. The Morgan fingerprint density at radius 2 is 1.40 bits per heavy atom. The molecule has 0 bridgehead atoms. The van der Waals surface area contributed by atoms with Gasteiger partial charge < -0.3 is 35.8 Å². The summed E-state index contributed by atoms with van der Waals surface area (Å²) in [7, 11) is 3.46. The van der Waals surface area contributed by atoms with Crippen molar-refractivity contribution in [1.29, 1.82) is 0 Å². The summed E-state index contributed by atoms with van der Waals surface area (Å²) in [5.74, 6) is 0.560. The van der Waals surface area contributed by atoms with Crippen LogP contribution in [0.5, 0.6) is 0 Å². The normalized spacial score (nSPS) is 18.3. The van der Waals surface area contributed by atoms with Crippen molar-refractivity contribution >= 4 is 43.7 Å². The monoisotopic (exact) mass is 961 g/mol. The Morgan fingerprint density at radius 3 is 2.03 bits per heavy atom. The van der Waals surface area contributed by atoms with Crippen LogP contribution in [0.15, 0.2) is 12.2 Å². The van der Waals surface area contributed by atoms with Gasteiger partial charge in [-0.1, -0.05) is 135 Å². The van der Waals surface area contributed by atoms with Gasteiger partial charge in [-0.05, 0) is 38.5 Å². The molecule has 378 valence electrons. The van der Waals surface area contributed by atoms with E-state index in [2.05, 4.69) is 28.2 Å². The number of thioether (sulfide) groups is 1.